The van der Waals surface area contributed by atoms with Crippen molar-refractivity contribution < 1.29 is 9.53 Å². The summed E-state index contributed by atoms with van der Waals surface area (Å²) in [5.74, 6) is -0.190. The van der Waals surface area contributed by atoms with Crippen molar-refractivity contribution in [2.24, 2.45) is 0 Å². The van der Waals surface area contributed by atoms with Crippen molar-refractivity contribution in [3.63, 3.8) is 0 Å². The van der Waals surface area contributed by atoms with Crippen molar-refractivity contribution in [3.8, 4) is 6.01 Å². The van der Waals surface area contributed by atoms with Crippen LogP contribution in [0, 0.1) is 6.92 Å². The Balaban J connectivity index is 1.64. The summed E-state index contributed by atoms with van der Waals surface area (Å²) in [5, 5.41) is 4.09. The van der Waals surface area contributed by atoms with Gasteiger partial charge in [-0.3, -0.25) is 4.79 Å². The minimum absolute atomic E-state index is 0.190. The molecule has 2 aromatic heterocycles. The number of nitrogens with one attached hydrogen (secondary N) is 2. The molecule has 0 aliphatic carbocycles. The number of ether oxygens (including phenoxy) is 1. The second kappa shape index (κ2) is 6.48. The van der Waals surface area contributed by atoms with Gasteiger partial charge in [0.05, 0.1) is 12.7 Å². The summed E-state index contributed by atoms with van der Waals surface area (Å²) in [7, 11) is 1.48. The molecule has 118 valence electrons. The quantitative estimate of drug-likeness (QED) is 0.757. The summed E-state index contributed by atoms with van der Waals surface area (Å²) in [6.45, 7) is 2.60. The van der Waals surface area contributed by atoms with Gasteiger partial charge in [-0.2, -0.15) is 0 Å². The Hall–Kier alpha value is -2.89. The molecule has 0 bridgehead atoms. The van der Waals surface area contributed by atoms with E-state index >= 15 is 0 Å². The Bertz CT molecular complexity index is 824. The molecule has 0 fully saturated rings. The fraction of sp³-hybridized carbons (Fsp3) is 0.235. The van der Waals surface area contributed by atoms with Gasteiger partial charge in [-0.05, 0) is 25.0 Å². The predicted octanol–water partition coefficient (Wildman–Crippen LogP) is 2.25. The highest BCUT2D eigenvalue weighted by Gasteiger charge is 2.10. The Morgan fingerprint density at radius 3 is 2.74 bits per heavy atom. The van der Waals surface area contributed by atoms with Crippen LogP contribution >= 0.6 is 0 Å². The first-order chi connectivity index (χ1) is 11.2. The number of para-hydroxylation sites is 1. The van der Waals surface area contributed by atoms with E-state index in [0.29, 0.717) is 12.1 Å². The number of benzene rings is 1. The van der Waals surface area contributed by atoms with Crippen molar-refractivity contribution in [1.82, 2.24) is 20.3 Å². The highest BCUT2D eigenvalue weighted by Crippen LogP contribution is 2.21. The minimum Gasteiger partial charge on any atom is -0.467 e. The standard InChI is InChI=1S/C17H18N4O2/c1-11-13(14-5-3-4-6-15(14)21-11)7-8-18-16(22)12-9-19-17(23-2)20-10-12/h3-6,9-10,21H,7-8H2,1-2H3,(H,18,22). The fourth-order valence-corrected chi connectivity index (χ4v) is 2.60. The van der Waals surface area contributed by atoms with Gasteiger partial charge >= 0.3 is 6.01 Å². The molecule has 0 saturated heterocycles. The first-order valence-electron chi connectivity index (χ1n) is 7.39. The lowest BCUT2D eigenvalue weighted by molar-refractivity contribution is 0.0953. The number of amides is 1. The number of fused-ring (bicyclic) bond motifs is 1. The molecule has 3 rings (SSSR count). The third-order valence-electron chi connectivity index (χ3n) is 3.76. The number of methoxy groups -OCH3 is 1. The van der Waals surface area contributed by atoms with E-state index in [4.69, 9.17) is 4.74 Å². The van der Waals surface area contributed by atoms with E-state index in [9.17, 15) is 4.79 Å². The Morgan fingerprint density at radius 2 is 2.00 bits per heavy atom. The van der Waals surface area contributed by atoms with Crippen molar-refractivity contribution in [2.75, 3.05) is 13.7 Å². The number of H-pyrrole nitrogens is 1. The molecule has 1 aromatic carbocycles. The second-order valence-electron chi connectivity index (χ2n) is 5.24. The van der Waals surface area contributed by atoms with Gasteiger partial charge in [0, 0.05) is 35.5 Å². The third kappa shape index (κ3) is 3.15. The zero-order valence-electron chi connectivity index (χ0n) is 13.1. The van der Waals surface area contributed by atoms with E-state index in [0.717, 1.165) is 17.6 Å². The average molecular weight is 310 g/mol. The second-order valence-corrected chi connectivity index (χ2v) is 5.24. The molecule has 1 amide bonds. The summed E-state index contributed by atoms with van der Waals surface area (Å²) in [5.41, 5.74) is 3.90. The number of rotatable bonds is 5. The maximum atomic E-state index is 12.1. The highest BCUT2D eigenvalue weighted by molar-refractivity contribution is 5.93. The van der Waals surface area contributed by atoms with Crippen molar-refractivity contribution in [1.29, 1.82) is 0 Å². The molecule has 23 heavy (non-hydrogen) atoms. The largest absolute Gasteiger partial charge is 0.467 e. The maximum Gasteiger partial charge on any atom is 0.316 e. The first kappa shape index (κ1) is 15.0. The van der Waals surface area contributed by atoms with Crippen molar-refractivity contribution in [2.45, 2.75) is 13.3 Å². The third-order valence-corrected chi connectivity index (χ3v) is 3.76. The van der Waals surface area contributed by atoms with Gasteiger partial charge in [0.1, 0.15) is 0 Å². The zero-order valence-corrected chi connectivity index (χ0v) is 13.1. The van der Waals surface area contributed by atoms with Gasteiger partial charge in [-0.25, -0.2) is 9.97 Å². The number of nitrogens with zero attached hydrogens (tertiary/aromatic N) is 2. The maximum absolute atomic E-state index is 12.1. The number of hydrogen-bond acceptors (Lipinski definition) is 4. The molecule has 2 N–H and O–H groups in total. The molecule has 6 nitrogen and oxygen atoms in total. The van der Waals surface area contributed by atoms with Gasteiger partial charge in [0.25, 0.3) is 5.91 Å². The van der Waals surface area contributed by atoms with Gasteiger partial charge in [0.2, 0.25) is 0 Å². The molecule has 0 aliphatic rings. The van der Waals surface area contributed by atoms with Crippen LogP contribution in [0.5, 0.6) is 6.01 Å². The van der Waals surface area contributed by atoms with Crippen LogP contribution in [0.4, 0.5) is 0 Å². The van der Waals surface area contributed by atoms with Crippen molar-refractivity contribution in [3.05, 3.63) is 53.5 Å². The van der Waals surface area contributed by atoms with E-state index < -0.39 is 0 Å². The number of carbonyl (C=O) groups excluding carboxylic acids is 1. The van der Waals surface area contributed by atoms with Crippen molar-refractivity contribution >= 4 is 16.8 Å². The molecule has 0 aliphatic heterocycles. The average Bonchev–Trinajstić information content (AvgIpc) is 2.90. The monoisotopic (exact) mass is 310 g/mol. The fourth-order valence-electron chi connectivity index (χ4n) is 2.60. The van der Waals surface area contributed by atoms with Crippen LogP contribution in [0.1, 0.15) is 21.6 Å². The number of aromatic amines is 1. The highest BCUT2D eigenvalue weighted by atomic mass is 16.5. The molecule has 0 unspecified atom stereocenters. The molecule has 6 heteroatoms. The first-order valence-corrected chi connectivity index (χ1v) is 7.39. The Kier molecular flexibility index (Phi) is 4.23. The SMILES string of the molecule is COc1ncc(C(=O)NCCc2c(C)[nH]c3ccccc23)cn1. The van der Waals surface area contributed by atoms with Crippen LogP contribution in [0.25, 0.3) is 10.9 Å². The van der Waals surface area contributed by atoms with Crippen LogP contribution < -0.4 is 10.1 Å². The summed E-state index contributed by atoms with van der Waals surface area (Å²) < 4.78 is 4.88. The summed E-state index contributed by atoms with van der Waals surface area (Å²) in [4.78, 5) is 23.3. The smallest absolute Gasteiger partial charge is 0.316 e. The summed E-state index contributed by atoms with van der Waals surface area (Å²) >= 11 is 0. The molecular formula is C17H18N4O2. The van der Waals surface area contributed by atoms with E-state index in [1.165, 1.54) is 30.5 Å². The molecular weight excluding hydrogens is 292 g/mol. The molecule has 0 atom stereocenters. The van der Waals surface area contributed by atoms with E-state index in [2.05, 4.69) is 39.3 Å². The lowest BCUT2D eigenvalue weighted by Crippen LogP contribution is -2.26. The topological polar surface area (TPSA) is 79.9 Å². The zero-order chi connectivity index (χ0) is 16.2. The van der Waals surface area contributed by atoms with E-state index in [-0.39, 0.29) is 11.9 Å². The number of aryl methyl sites for hydroxylation is 1. The van der Waals surface area contributed by atoms with Gasteiger partial charge < -0.3 is 15.0 Å². The summed E-state index contributed by atoms with van der Waals surface area (Å²) in [6.07, 6.45) is 3.68. The van der Waals surface area contributed by atoms with Crippen LogP contribution in [0.3, 0.4) is 0 Å². The van der Waals surface area contributed by atoms with E-state index in [1.807, 2.05) is 12.1 Å². The number of hydrogen-bond donors (Lipinski definition) is 2. The summed E-state index contributed by atoms with van der Waals surface area (Å²) in [6, 6.07) is 8.42. The molecule has 0 spiro atoms. The Labute approximate surface area is 133 Å². The van der Waals surface area contributed by atoms with Crippen LogP contribution in [-0.4, -0.2) is 34.5 Å². The molecule has 2 heterocycles. The molecule has 0 radical (unpaired) electrons. The number of carbonyl (C=O) groups is 1. The lowest BCUT2D eigenvalue weighted by Gasteiger charge is -2.06. The van der Waals surface area contributed by atoms with Gasteiger partial charge in [0.15, 0.2) is 0 Å². The molecule has 3 aromatic rings. The van der Waals surface area contributed by atoms with E-state index in [1.54, 1.807) is 0 Å². The molecule has 0 saturated carbocycles. The van der Waals surface area contributed by atoms with Gasteiger partial charge in [-0.1, -0.05) is 18.2 Å². The van der Waals surface area contributed by atoms with Crippen LogP contribution in [0.15, 0.2) is 36.7 Å². The number of aromatic nitrogens is 3. The van der Waals surface area contributed by atoms with Gasteiger partial charge in [-0.15, -0.1) is 0 Å². The van der Waals surface area contributed by atoms with Crippen LogP contribution in [-0.2, 0) is 6.42 Å². The predicted molar refractivity (Wildman–Crippen MR) is 87.7 cm³/mol. The Morgan fingerprint density at radius 1 is 1.26 bits per heavy atom. The van der Waals surface area contributed by atoms with Crippen LogP contribution in [0.2, 0.25) is 0 Å². The minimum atomic E-state index is -0.190. The normalized spacial score (nSPS) is 10.7. The lowest BCUT2D eigenvalue weighted by atomic mass is 10.1.